The zero-order valence-corrected chi connectivity index (χ0v) is 13.4. The largest absolute Gasteiger partial charge is 0.397 e. The van der Waals surface area contributed by atoms with E-state index in [1.807, 2.05) is 13.8 Å². The van der Waals surface area contributed by atoms with Crippen molar-refractivity contribution < 1.29 is 4.79 Å². The van der Waals surface area contributed by atoms with Crippen LogP contribution in [0, 0.1) is 19.8 Å². The minimum Gasteiger partial charge on any atom is -0.397 e. The summed E-state index contributed by atoms with van der Waals surface area (Å²) in [5.41, 5.74) is 8.57. The minimum atomic E-state index is -0.0730. The fourth-order valence-electron chi connectivity index (χ4n) is 2.76. The van der Waals surface area contributed by atoms with E-state index in [9.17, 15) is 4.79 Å². The van der Waals surface area contributed by atoms with Crippen LogP contribution in [0.5, 0.6) is 0 Å². The predicted octanol–water partition coefficient (Wildman–Crippen LogP) is 2.81. The third-order valence-electron chi connectivity index (χ3n) is 4.24. The molecular formula is C15H20N4OS. The van der Waals surface area contributed by atoms with Crippen molar-refractivity contribution in [2.45, 2.75) is 46.1 Å². The lowest BCUT2D eigenvalue weighted by Gasteiger charge is -2.04. The third-order valence-corrected chi connectivity index (χ3v) is 5.33. The summed E-state index contributed by atoms with van der Waals surface area (Å²) in [4.78, 5) is 13.7. The van der Waals surface area contributed by atoms with E-state index in [1.54, 1.807) is 0 Å². The Labute approximate surface area is 127 Å². The second-order valence-corrected chi connectivity index (χ2v) is 6.80. The van der Waals surface area contributed by atoms with Crippen LogP contribution in [0.2, 0.25) is 0 Å². The van der Waals surface area contributed by atoms with E-state index in [0.29, 0.717) is 22.5 Å². The number of nitrogens with zero attached hydrogens (tertiary/aromatic N) is 2. The summed E-state index contributed by atoms with van der Waals surface area (Å²) in [6.45, 7) is 6.04. The van der Waals surface area contributed by atoms with Gasteiger partial charge in [-0.15, -0.1) is 16.4 Å². The topological polar surface area (TPSA) is 80.9 Å². The number of carbonyl (C=O) groups excluding carboxylic acids is 1. The first-order valence-electron chi connectivity index (χ1n) is 7.35. The Bertz CT molecular complexity index is 709. The van der Waals surface area contributed by atoms with Gasteiger partial charge in [-0.05, 0) is 38.2 Å². The number of fused-ring (bicyclic) bond motifs is 1. The molecule has 0 saturated heterocycles. The Morgan fingerprint density at radius 3 is 2.90 bits per heavy atom. The van der Waals surface area contributed by atoms with Gasteiger partial charge in [-0.1, -0.05) is 13.3 Å². The van der Waals surface area contributed by atoms with Crippen molar-refractivity contribution in [3.8, 4) is 0 Å². The fraction of sp³-hybridized carbons (Fsp3) is 0.533. The highest BCUT2D eigenvalue weighted by molar-refractivity contribution is 7.21. The summed E-state index contributed by atoms with van der Waals surface area (Å²) in [6, 6.07) is 0.316. The predicted molar refractivity (Wildman–Crippen MR) is 85.6 cm³/mol. The Balaban J connectivity index is 1.86. The SMILES string of the molecule is CCCC1CC1NC(=O)c1sc2nnc(C)c(C)c2c1N. The first-order valence-corrected chi connectivity index (χ1v) is 8.17. The summed E-state index contributed by atoms with van der Waals surface area (Å²) < 4.78 is 0. The Morgan fingerprint density at radius 1 is 1.43 bits per heavy atom. The molecule has 1 amide bonds. The maximum Gasteiger partial charge on any atom is 0.263 e. The summed E-state index contributed by atoms with van der Waals surface area (Å²) in [5, 5.41) is 12.2. The molecule has 112 valence electrons. The van der Waals surface area contributed by atoms with E-state index in [-0.39, 0.29) is 5.91 Å². The second-order valence-electron chi connectivity index (χ2n) is 5.80. The molecule has 0 aliphatic heterocycles. The van der Waals surface area contributed by atoms with E-state index in [4.69, 9.17) is 5.73 Å². The highest BCUT2D eigenvalue weighted by atomic mass is 32.1. The number of carbonyl (C=O) groups is 1. The average Bonchev–Trinajstić information content (AvgIpc) is 3.07. The van der Waals surface area contributed by atoms with Gasteiger partial charge in [0.25, 0.3) is 5.91 Å². The summed E-state index contributed by atoms with van der Waals surface area (Å²) >= 11 is 1.33. The van der Waals surface area contributed by atoms with Gasteiger partial charge in [0.1, 0.15) is 9.71 Å². The standard InChI is InChI=1S/C15H20N4OS/c1-4-5-9-6-10(9)17-14(20)13-12(16)11-7(2)8(3)18-19-15(11)21-13/h9-10H,4-6,16H2,1-3H3,(H,17,20). The Morgan fingerprint density at radius 2 is 2.19 bits per heavy atom. The summed E-state index contributed by atoms with van der Waals surface area (Å²) in [7, 11) is 0. The van der Waals surface area contributed by atoms with Gasteiger partial charge in [-0.25, -0.2) is 0 Å². The Hall–Kier alpha value is -1.69. The molecule has 3 N–H and O–H groups in total. The van der Waals surface area contributed by atoms with Gasteiger partial charge < -0.3 is 11.1 Å². The number of aromatic nitrogens is 2. The smallest absolute Gasteiger partial charge is 0.263 e. The molecule has 0 bridgehead atoms. The van der Waals surface area contributed by atoms with Gasteiger partial charge in [0.15, 0.2) is 0 Å². The number of hydrogen-bond donors (Lipinski definition) is 2. The summed E-state index contributed by atoms with van der Waals surface area (Å²) in [5.74, 6) is 0.564. The molecule has 5 nitrogen and oxygen atoms in total. The molecule has 0 aromatic carbocycles. The molecule has 1 fully saturated rings. The first-order chi connectivity index (χ1) is 10.0. The molecule has 1 aliphatic carbocycles. The quantitative estimate of drug-likeness (QED) is 0.910. The zero-order chi connectivity index (χ0) is 15.1. The number of hydrogen-bond acceptors (Lipinski definition) is 5. The van der Waals surface area contributed by atoms with Gasteiger partial charge in [-0.3, -0.25) is 4.79 Å². The van der Waals surface area contributed by atoms with Crippen LogP contribution < -0.4 is 11.1 Å². The van der Waals surface area contributed by atoms with Gasteiger partial charge in [-0.2, -0.15) is 5.10 Å². The van der Waals surface area contributed by atoms with E-state index in [2.05, 4.69) is 22.4 Å². The van der Waals surface area contributed by atoms with Crippen LogP contribution in [-0.4, -0.2) is 22.1 Å². The number of nitrogens with two attached hydrogens (primary N) is 1. The lowest BCUT2D eigenvalue weighted by molar-refractivity contribution is 0.0953. The molecule has 3 rings (SSSR count). The minimum absolute atomic E-state index is 0.0730. The van der Waals surface area contributed by atoms with Crippen molar-refractivity contribution in [2.24, 2.45) is 5.92 Å². The summed E-state index contributed by atoms with van der Waals surface area (Å²) in [6.07, 6.45) is 3.43. The maximum atomic E-state index is 12.4. The lowest BCUT2D eigenvalue weighted by Crippen LogP contribution is -2.26. The van der Waals surface area contributed by atoms with Crippen LogP contribution in [0.15, 0.2) is 0 Å². The number of thiophene rings is 1. The van der Waals surface area contributed by atoms with Crippen molar-refractivity contribution >= 4 is 33.1 Å². The molecule has 2 aromatic rings. The van der Waals surface area contributed by atoms with E-state index in [0.717, 1.165) is 34.3 Å². The normalized spacial score (nSPS) is 20.7. The molecule has 2 aromatic heterocycles. The molecule has 2 atom stereocenters. The van der Waals surface area contributed by atoms with Gasteiger partial charge in [0, 0.05) is 11.4 Å². The van der Waals surface area contributed by atoms with E-state index < -0.39 is 0 Å². The van der Waals surface area contributed by atoms with Crippen LogP contribution in [0.1, 0.15) is 47.1 Å². The van der Waals surface area contributed by atoms with Crippen LogP contribution in [0.4, 0.5) is 5.69 Å². The van der Waals surface area contributed by atoms with E-state index in [1.165, 1.54) is 17.8 Å². The highest BCUT2D eigenvalue weighted by Crippen LogP contribution is 2.37. The fourth-order valence-corrected chi connectivity index (χ4v) is 3.76. The zero-order valence-electron chi connectivity index (χ0n) is 12.6. The molecule has 6 heteroatoms. The number of nitrogen functional groups attached to an aromatic ring is 1. The van der Waals surface area contributed by atoms with Crippen molar-refractivity contribution in [3.63, 3.8) is 0 Å². The van der Waals surface area contributed by atoms with Crippen LogP contribution in [-0.2, 0) is 0 Å². The molecule has 0 radical (unpaired) electrons. The van der Waals surface area contributed by atoms with Gasteiger partial charge in [0.05, 0.1) is 11.4 Å². The highest BCUT2D eigenvalue weighted by Gasteiger charge is 2.37. The monoisotopic (exact) mass is 304 g/mol. The Kier molecular flexibility index (Phi) is 3.57. The van der Waals surface area contributed by atoms with Crippen LogP contribution in [0.25, 0.3) is 10.2 Å². The molecule has 2 unspecified atom stereocenters. The molecule has 1 aliphatic rings. The van der Waals surface area contributed by atoms with Crippen LogP contribution in [0.3, 0.4) is 0 Å². The van der Waals surface area contributed by atoms with Crippen LogP contribution >= 0.6 is 11.3 Å². The molecular weight excluding hydrogens is 284 g/mol. The van der Waals surface area contributed by atoms with Crippen molar-refractivity contribution in [2.75, 3.05) is 5.73 Å². The maximum absolute atomic E-state index is 12.4. The van der Waals surface area contributed by atoms with Crippen molar-refractivity contribution in [1.29, 1.82) is 0 Å². The molecule has 0 spiro atoms. The second kappa shape index (κ2) is 5.26. The van der Waals surface area contributed by atoms with Gasteiger partial charge >= 0.3 is 0 Å². The van der Waals surface area contributed by atoms with Gasteiger partial charge in [0.2, 0.25) is 0 Å². The molecule has 1 saturated carbocycles. The number of aryl methyl sites for hydroxylation is 2. The number of anilines is 1. The first kappa shape index (κ1) is 14.3. The van der Waals surface area contributed by atoms with Crippen molar-refractivity contribution in [1.82, 2.24) is 15.5 Å². The number of nitrogens with one attached hydrogen (secondary N) is 1. The van der Waals surface area contributed by atoms with Crippen molar-refractivity contribution in [3.05, 3.63) is 16.1 Å². The van der Waals surface area contributed by atoms with E-state index >= 15 is 0 Å². The molecule has 2 heterocycles. The number of rotatable bonds is 4. The molecule has 21 heavy (non-hydrogen) atoms. The lowest BCUT2D eigenvalue weighted by atomic mass is 10.1. The number of amides is 1. The third kappa shape index (κ3) is 2.48. The average molecular weight is 304 g/mol.